The standard InChI is InChI=1S/C18H20ClNO4/c1-11-8-15(22-3)17(16(9-11)23-4)24-12(2)18(21)20-14-7-5-6-13(19)10-14/h5-10,12H,1-4H3,(H,20,21)/t12-/m1/s1. The minimum Gasteiger partial charge on any atom is -0.493 e. The van der Waals surface area contributed by atoms with Crippen LogP contribution in [0.25, 0.3) is 0 Å². The van der Waals surface area contributed by atoms with E-state index in [9.17, 15) is 4.79 Å². The van der Waals surface area contributed by atoms with Gasteiger partial charge in [-0.2, -0.15) is 0 Å². The average Bonchev–Trinajstić information content (AvgIpc) is 2.55. The van der Waals surface area contributed by atoms with E-state index in [2.05, 4.69) is 5.32 Å². The third-order valence-corrected chi connectivity index (χ3v) is 3.60. The van der Waals surface area contributed by atoms with Crippen molar-refractivity contribution in [3.05, 3.63) is 47.0 Å². The van der Waals surface area contributed by atoms with Crippen molar-refractivity contribution < 1.29 is 19.0 Å². The molecule has 0 heterocycles. The Kier molecular flexibility index (Phi) is 5.93. The molecule has 2 aromatic rings. The van der Waals surface area contributed by atoms with Crippen LogP contribution in [0.3, 0.4) is 0 Å². The van der Waals surface area contributed by atoms with Crippen molar-refractivity contribution in [3.63, 3.8) is 0 Å². The normalized spacial score (nSPS) is 11.5. The van der Waals surface area contributed by atoms with Gasteiger partial charge in [0.1, 0.15) is 0 Å². The molecule has 24 heavy (non-hydrogen) atoms. The van der Waals surface area contributed by atoms with Crippen molar-refractivity contribution in [2.24, 2.45) is 0 Å². The molecule has 2 rings (SSSR count). The fraction of sp³-hybridized carbons (Fsp3) is 0.278. The van der Waals surface area contributed by atoms with Crippen LogP contribution < -0.4 is 19.5 Å². The number of ether oxygens (including phenoxy) is 3. The first-order chi connectivity index (χ1) is 11.4. The van der Waals surface area contributed by atoms with Crippen molar-refractivity contribution in [1.82, 2.24) is 0 Å². The molecule has 1 N–H and O–H groups in total. The molecule has 0 aliphatic carbocycles. The van der Waals surface area contributed by atoms with Crippen molar-refractivity contribution in [2.45, 2.75) is 20.0 Å². The SMILES string of the molecule is COc1cc(C)cc(OC)c1O[C@H](C)C(=O)Nc1cccc(Cl)c1. The number of carbonyl (C=O) groups excluding carboxylic acids is 1. The Morgan fingerprint density at radius 1 is 1.12 bits per heavy atom. The lowest BCUT2D eigenvalue weighted by atomic mass is 10.2. The summed E-state index contributed by atoms with van der Waals surface area (Å²) in [4.78, 5) is 12.3. The number of carbonyl (C=O) groups is 1. The molecule has 0 aromatic heterocycles. The summed E-state index contributed by atoms with van der Waals surface area (Å²) in [6.07, 6.45) is -0.755. The van der Waals surface area contributed by atoms with Gasteiger partial charge in [-0.25, -0.2) is 0 Å². The number of amides is 1. The van der Waals surface area contributed by atoms with Crippen molar-refractivity contribution in [2.75, 3.05) is 19.5 Å². The summed E-state index contributed by atoms with van der Waals surface area (Å²) < 4.78 is 16.4. The summed E-state index contributed by atoms with van der Waals surface area (Å²) in [6, 6.07) is 10.6. The van der Waals surface area contributed by atoms with Crippen LogP contribution >= 0.6 is 11.6 Å². The molecule has 0 saturated heterocycles. The zero-order valence-electron chi connectivity index (χ0n) is 14.1. The molecular formula is C18H20ClNO4. The molecule has 1 atom stereocenters. The number of rotatable bonds is 6. The van der Waals surface area contributed by atoms with Gasteiger partial charge in [0.15, 0.2) is 17.6 Å². The number of halogens is 1. The predicted molar refractivity (Wildman–Crippen MR) is 94.5 cm³/mol. The van der Waals surface area contributed by atoms with E-state index < -0.39 is 6.10 Å². The number of nitrogens with one attached hydrogen (secondary N) is 1. The van der Waals surface area contributed by atoms with E-state index in [1.54, 1.807) is 31.2 Å². The molecule has 2 aromatic carbocycles. The Morgan fingerprint density at radius 2 is 1.75 bits per heavy atom. The zero-order valence-corrected chi connectivity index (χ0v) is 14.8. The van der Waals surface area contributed by atoms with E-state index >= 15 is 0 Å². The molecule has 6 heteroatoms. The Labute approximate surface area is 146 Å². The van der Waals surface area contributed by atoms with Gasteiger partial charge < -0.3 is 19.5 Å². The lowest BCUT2D eigenvalue weighted by Gasteiger charge is -2.19. The second kappa shape index (κ2) is 7.93. The van der Waals surface area contributed by atoms with Crippen LogP contribution in [0.1, 0.15) is 12.5 Å². The Bertz CT molecular complexity index is 708. The van der Waals surface area contributed by atoms with Gasteiger partial charge in [-0.1, -0.05) is 17.7 Å². The number of anilines is 1. The molecule has 5 nitrogen and oxygen atoms in total. The Morgan fingerprint density at radius 3 is 2.29 bits per heavy atom. The molecule has 0 fully saturated rings. The number of aryl methyl sites for hydroxylation is 1. The van der Waals surface area contributed by atoms with E-state index in [1.165, 1.54) is 14.2 Å². The molecule has 0 aliphatic rings. The summed E-state index contributed by atoms with van der Waals surface area (Å²) in [7, 11) is 3.08. The maximum absolute atomic E-state index is 12.3. The largest absolute Gasteiger partial charge is 0.493 e. The van der Waals surface area contributed by atoms with Gasteiger partial charge in [-0.05, 0) is 49.7 Å². The maximum Gasteiger partial charge on any atom is 0.265 e. The van der Waals surface area contributed by atoms with E-state index in [4.69, 9.17) is 25.8 Å². The Balaban J connectivity index is 2.16. The first kappa shape index (κ1) is 17.9. The first-order valence-electron chi connectivity index (χ1n) is 7.40. The highest BCUT2D eigenvalue weighted by Gasteiger charge is 2.21. The number of benzene rings is 2. The molecule has 0 bridgehead atoms. The maximum atomic E-state index is 12.3. The summed E-state index contributed by atoms with van der Waals surface area (Å²) in [5.74, 6) is 1.10. The smallest absolute Gasteiger partial charge is 0.265 e. The fourth-order valence-electron chi connectivity index (χ4n) is 2.17. The molecule has 0 aliphatic heterocycles. The Hall–Kier alpha value is -2.40. The number of methoxy groups -OCH3 is 2. The van der Waals surface area contributed by atoms with Crippen LogP contribution in [-0.2, 0) is 4.79 Å². The second-order valence-corrected chi connectivity index (χ2v) is 5.69. The van der Waals surface area contributed by atoms with Crippen molar-refractivity contribution in [1.29, 1.82) is 0 Å². The van der Waals surface area contributed by atoms with Crippen molar-refractivity contribution >= 4 is 23.2 Å². The molecule has 128 valence electrons. The molecular weight excluding hydrogens is 330 g/mol. The monoisotopic (exact) mass is 349 g/mol. The minimum atomic E-state index is -0.755. The average molecular weight is 350 g/mol. The van der Waals surface area contributed by atoms with Crippen LogP contribution in [0.15, 0.2) is 36.4 Å². The summed E-state index contributed by atoms with van der Waals surface area (Å²) in [5, 5.41) is 3.30. The van der Waals surface area contributed by atoms with Crippen LogP contribution in [0.4, 0.5) is 5.69 Å². The summed E-state index contributed by atoms with van der Waals surface area (Å²) >= 11 is 5.92. The third kappa shape index (κ3) is 4.32. The highest BCUT2D eigenvalue weighted by molar-refractivity contribution is 6.30. The van der Waals surface area contributed by atoms with E-state index in [1.807, 2.05) is 19.1 Å². The van der Waals surface area contributed by atoms with Gasteiger partial charge in [0.05, 0.1) is 14.2 Å². The van der Waals surface area contributed by atoms with Gasteiger partial charge in [0.25, 0.3) is 5.91 Å². The van der Waals surface area contributed by atoms with Gasteiger partial charge in [-0.3, -0.25) is 4.79 Å². The van der Waals surface area contributed by atoms with E-state index in [0.29, 0.717) is 28.0 Å². The topological polar surface area (TPSA) is 56.8 Å². The van der Waals surface area contributed by atoms with E-state index in [0.717, 1.165) is 5.56 Å². The lowest BCUT2D eigenvalue weighted by molar-refractivity contribution is -0.122. The van der Waals surface area contributed by atoms with Gasteiger partial charge in [0.2, 0.25) is 5.75 Å². The highest BCUT2D eigenvalue weighted by Crippen LogP contribution is 2.39. The molecule has 1 amide bonds. The van der Waals surface area contributed by atoms with Crippen LogP contribution in [0, 0.1) is 6.92 Å². The third-order valence-electron chi connectivity index (χ3n) is 3.36. The summed E-state index contributed by atoms with van der Waals surface area (Å²) in [5.41, 5.74) is 1.57. The van der Waals surface area contributed by atoms with Crippen LogP contribution in [0.5, 0.6) is 17.2 Å². The second-order valence-electron chi connectivity index (χ2n) is 5.26. The van der Waals surface area contributed by atoms with Crippen LogP contribution in [0.2, 0.25) is 5.02 Å². The van der Waals surface area contributed by atoms with Gasteiger partial charge in [0, 0.05) is 10.7 Å². The molecule has 0 spiro atoms. The fourth-order valence-corrected chi connectivity index (χ4v) is 2.36. The summed E-state index contributed by atoms with van der Waals surface area (Å²) in [6.45, 7) is 3.57. The number of hydrogen-bond donors (Lipinski definition) is 1. The van der Waals surface area contributed by atoms with Gasteiger partial charge in [-0.15, -0.1) is 0 Å². The molecule has 0 unspecified atom stereocenters. The first-order valence-corrected chi connectivity index (χ1v) is 7.78. The van der Waals surface area contributed by atoms with Crippen LogP contribution in [-0.4, -0.2) is 26.2 Å². The minimum absolute atomic E-state index is 0.304. The predicted octanol–water partition coefficient (Wildman–Crippen LogP) is 4.07. The van der Waals surface area contributed by atoms with Crippen molar-refractivity contribution in [3.8, 4) is 17.2 Å². The van der Waals surface area contributed by atoms with Gasteiger partial charge >= 0.3 is 0 Å². The highest BCUT2D eigenvalue weighted by atomic mass is 35.5. The lowest BCUT2D eigenvalue weighted by Crippen LogP contribution is -2.30. The number of hydrogen-bond acceptors (Lipinski definition) is 4. The quantitative estimate of drug-likeness (QED) is 0.854. The molecule has 0 saturated carbocycles. The van der Waals surface area contributed by atoms with E-state index in [-0.39, 0.29) is 5.91 Å². The zero-order chi connectivity index (χ0) is 17.7. The molecule has 0 radical (unpaired) electrons.